The maximum absolute atomic E-state index is 16.2. The van der Waals surface area contributed by atoms with E-state index >= 15 is 24.0 Å². The third-order valence-corrected chi connectivity index (χ3v) is 18.0. The largest absolute Gasteiger partial charge is 0.502 e. The average molecular weight is 1540 g/mol. The van der Waals surface area contributed by atoms with Crippen LogP contribution in [0.5, 0.6) is 46.0 Å². The molecule has 580 valence electrons. The van der Waals surface area contributed by atoms with Gasteiger partial charge in [0.2, 0.25) is 47.1 Å². The molecule has 29 nitrogen and oxygen atoms in total. The van der Waals surface area contributed by atoms with Gasteiger partial charge in [-0.15, -0.1) is 0 Å². The summed E-state index contributed by atoms with van der Waals surface area (Å²) in [6.07, 6.45) is 5.66. The van der Waals surface area contributed by atoms with Crippen LogP contribution in [0.15, 0.2) is 142 Å². The van der Waals surface area contributed by atoms with Gasteiger partial charge in [-0.1, -0.05) is 158 Å². The lowest BCUT2D eigenvalue weighted by atomic mass is 9.89. The second-order valence-corrected chi connectivity index (χ2v) is 26.8. The summed E-state index contributed by atoms with van der Waals surface area (Å²) in [6, 6.07) is 1.20. The normalized spacial score (nSPS) is 19.1. The molecule has 0 spiro atoms. The number of ether oxygens (including phenoxy) is 7. The smallest absolute Gasteiger partial charge is 0.410 e. The summed E-state index contributed by atoms with van der Waals surface area (Å²) >= 11 is 14.0. The molecule has 31 heteroatoms. The molecule has 5 aromatic rings. The van der Waals surface area contributed by atoms with Gasteiger partial charge in [0.1, 0.15) is 110 Å². The number of hydrogen-bond acceptors (Lipinski definition) is 20. The molecule has 0 aromatic heterocycles. The Balaban J connectivity index is 1.38. The first kappa shape index (κ1) is 83.2. The summed E-state index contributed by atoms with van der Waals surface area (Å²) in [7, 11) is 1.27. The van der Waals surface area contributed by atoms with Crippen LogP contribution in [0.4, 0.5) is 9.59 Å². The zero-order valence-corrected chi connectivity index (χ0v) is 62.1. The molecule has 5 aliphatic rings. The van der Waals surface area contributed by atoms with Crippen LogP contribution in [-0.4, -0.2) is 150 Å². The lowest BCUT2D eigenvalue weighted by molar-refractivity contribution is -0.147. The molecule has 11 bridgehead atoms. The third-order valence-electron chi connectivity index (χ3n) is 17.5. The van der Waals surface area contributed by atoms with E-state index < -0.39 is 138 Å². The van der Waals surface area contributed by atoms with Gasteiger partial charge < -0.3 is 85.7 Å². The van der Waals surface area contributed by atoms with Crippen molar-refractivity contribution in [2.75, 3.05) is 46.6 Å². The summed E-state index contributed by atoms with van der Waals surface area (Å²) in [5.74, 6) is -12.7. The molecule has 4 unspecified atom stereocenters. The lowest BCUT2D eigenvalue weighted by Crippen LogP contribution is -2.60. The molecule has 0 fully saturated rings. The third kappa shape index (κ3) is 21.5. The van der Waals surface area contributed by atoms with Gasteiger partial charge in [-0.3, -0.25) is 43.8 Å². The number of phenols is 1. The van der Waals surface area contributed by atoms with Gasteiger partial charge in [0.25, 0.3) is 0 Å². The van der Waals surface area contributed by atoms with E-state index in [4.69, 9.17) is 56.4 Å². The van der Waals surface area contributed by atoms with Crippen LogP contribution >= 0.6 is 23.2 Å². The van der Waals surface area contributed by atoms with Crippen molar-refractivity contribution < 1.29 is 96.4 Å². The van der Waals surface area contributed by atoms with E-state index in [2.05, 4.69) is 82.4 Å². The number of nitrogens with one attached hydrogen (secondary N) is 8. The minimum Gasteiger partial charge on any atom is -0.502 e. The molecule has 0 saturated carbocycles. The Labute approximate surface area is 639 Å². The Kier molecular flexibility index (Phi) is 30.1. The van der Waals surface area contributed by atoms with Gasteiger partial charge in [0, 0.05) is 36.3 Å². The highest BCUT2D eigenvalue weighted by atomic mass is 35.5. The maximum Gasteiger partial charge on any atom is 0.410 e. The average Bonchev–Trinajstić information content (AvgIpc) is 0.758. The molecule has 11 N–H and O–H groups in total. The van der Waals surface area contributed by atoms with E-state index in [0.29, 0.717) is 6.42 Å². The number of fused-ring (bicyclic) bond motifs is 15. The van der Waals surface area contributed by atoms with E-state index in [0.717, 1.165) is 55.2 Å². The van der Waals surface area contributed by atoms with Crippen molar-refractivity contribution in [3.05, 3.63) is 180 Å². The fraction of sp³-hybridized carbons (Fsp3) is 0.359. The Morgan fingerprint density at radius 3 is 1.80 bits per heavy atom. The Hall–Kier alpha value is -11.4. The number of aromatic hydroxyl groups is 1. The fourth-order valence-electron chi connectivity index (χ4n) is 12.0. The number of unbranched alkanes of at least 4 members (excludes halogenated alkanes) is 5. The van der Waals surface area contributed by atoms with Crippen LogP contribution in [-0.2, 0) is 47.8 Å². The van der Waals surface area contributed by atoms with E-state index in [1.54, 1.807) is 13.8 Å². The van der Waals surface area contributed by atoms with Crippen LogP contribution in [0.25, 0.3) is 11.1 Å². The van der Waals surface area contributed by atoms with Gasteiger partial charge in [0.05, 0.1) is 16.5 Å². The summed E-state index contributed by atoms with van der Waals surface area (Å²) in [4.78, 5) is 150. The van der Waals surface area contributed by atoms with Gasteiger partial charge in [-0.05, 0) is 95.6 Å². The molecule has 5 aliphatic heterocycles. The number of rotatable bonds is 28. The number of halogens is 2. The monoisotopic (exact) mass is 1540 g/mol. The van der Waals surface area contributed by atoms with Gasteiger partial charge in [-0.25, -0.2) is 14.4 Å². The number of hydrogen-bond donors (Lipinski definition) is 11. The van der Waals surface area contributed by atoms with Crippen molar-refractivity contribution >= 4 is 82.6 Å². The van der Waals surface area contributed by atoms with E-state index in [1.165, 1.54) is 98.1 Å². The molecule has 0 radical (unpaired) electrons. The molecule has 109 heavy (non-hydrogen) atoms. The number of benzene rings is 5. The van der Waals surface area contributed by atoms with Crippen molar-refractivity contribution in [1.82, 2.24) is 47.4 Å². The number of carbonyl (C=O) groups excluding carboxylic acids is 10. The summed E-state index contributed by atoms with van der Waals surface area (Å²) < 4.78 is 42.2. The Morgan fingerprint density at radius 1 is 0.606 bits per heavy atom. The maximum atomic E-state index is 16.2. The number of amides is 10. The second-order valence-electron chi connectivity index (χ2n) is 26.0. The summed E-state index contributed by atoms with van der Waals surface area (Å²) in [5, 5.41) is 56.9. The number of phenolic OH excluding ortho intramolecular Hbond substituents is 1. The van der Waals surface area contributed by atoms with Gasteiger partial charge in [0.15, 0.2) is 17.5 Å². The molecule has 10 rings (SSSR count). The molecule has 0 aliphatic carbocycles. The molecule has 9 atom stereocenters. The first-order chi connectivity index (χ1) is 52.2. The predicted octanol–water partition coefficient (Wildman–Crippen LogP) is 9.35. The van der Waals surface area contributed by atoms with Crippen LogP contribution < -0.4 is 66.2 Å². The second kappa shape index (κ2) is 39.4. The molecular weight excluding hydrogens is 1450 g/mol. The quantitative estimate of drug-likeness (QED) is 0.0126. The Morgan fingerprint density at radius 2 is 1.17 bits per heavy atom. The predicted molar refractivity (Wildman–Crippen MR) is 402 cm³/mol. The number of urea groups is 1. The molecule has 5 aromatic carbocycles. The van der Waals surface area contributed by atoms with Crippen molar-refractivity contribution in [2.45, 2.75) is 127 Å². The first-order valence-corrected chi connectivity index (χ1v) is 35.9. The number of imide groups is 1. The lowest BCUT2D eigenvalue weighted by Gasteiger charge is -2.32. The number of nitrogens with zero attached hydrogens (tertiary/aromatic N) is 1. The minimum absolute atomic E-state index is 0.000616. The van der Waals surface area contributed by atoms with Crippen molar-refractivity contribution in [2.24, 2.45) is 5.92 Å². The first-order valence-electron chi connectivity index (χ1n) is 35.1. The van der Waals surface area contributed by atoms with E-state index in [1.807, 2.05) is 0 Å². The number of likely N-dealkylation sites (N-methyl/N-ethyl adjacent to an activating group) is 1. The summed E-state index contributed by atoms with van der Waals surface area (Å²) in [6.45, 7) is 23.2. The van der Waals surface area contributed by atoms with Crippen molar-refractivity contribution in [1.29, 1.82) is 0 Å². The van der Waals surface area contributed by atoms with Crippen molar-refractivity contribution in [3.8, 4) is 57.1 Å². The standard InChI is InChI=1S/C78H89Cl2N9O20/c1-10-16-17-18-19-20-27-81-77(101)83-60(90)41-52-70(94)84-63-46-37-58(108-55-25-22-44(35-50(55)79)67(91)65(74(98)82-52)87-71(95)53(33-42(7)8)89(9)78(102)107-32-15-6)69(93)59(38-46)109-56-26-23-45(36-51(56)80)68(92)66-75(99)86-64(76(100)106-31-14-5)49-39-47(103-28-11-2)40-57(105-30-13-4)61(49)48-34-43(21-24-54(48)104-29-12-3)62(72(96)88-66)85-73(63)97/h11-15,21-26,34-40,42,52-53,62-68,91-93H,2-6,10,16-20,27-33,41H2,1,7-9H3,(H,82,98)(H,84,94)(H,85,97)(H,86,99)(H,87,95)(H,88,96)(H2,81,83,90,101)/t52?,53-,62-,63?,64?,65?,66+,67-,68-/m1/s1. The van der Waals surface area contributed by atoms with Crippen molar-refractivity contribution in [3.63, 3.8) is 0 Å². The molecule has 5 heterocycles. The van der Waals surface area contributed by atoms with E-state index in [-0.39, 0.29) is 130 Å². The molecular formula is C78H89Cl2N9O20. The van der Waals surface area contributed by atoms with E-state index in [9.17, 15) is 39.3 Å². The van der Waals surface area contributed by atoms with Gasteiger partial charge in [-0.2, -0.15) is 0 Å². The zero-order chi connectivity index (χ0) is 79.2. The van der Waals surface area contributed by atoms with Crippen LogP contribution in [0.1, 0.15) is 130 Å². The topological polar surface area (TPSA) is 395 Å². The highest BCUT2D eigenvalue weighted by molar-refractivity contribution is 6.32. The number of carbonyl (C=O) groups is 10. The highest BCUT2D eigenvalue weighted by Gasteiger charge is 2.43. The molecule has 10 amide bonds. The SMILES string of the molecule is C=CCOC(=O)C1NC(=O)[C@H]2NC(=O)[C@H](NC(=O)C3NC(=O)C(CC(=O)NC(=O)NCCCCCCCC)NC(=O)C(NC(=O)[C@@H](CC(C)C)N(C)C(=O)OCC=C)[C@H](O)c4ccc(c(Cl)c4)Oc4cc3cc(c4O)Oc3ccc(cc3Cl)[C@H]2O)c2ccc(OCC=C)c(c2)-c2c(OCC=C)cc(OCC=C)cc21. The van der Waals surface area contributed by atoms with Gasteiger partial charge >= 0.3 is 18.1 Å². The molecule has 0 saturated heterocycles. The number of esters is 1. The summed E-state index contributed by atoms with van der Waals surface area (Å²) in [5.41, 5.74) is -0.911. The van der Waals surface area contributed by atoms with Crippen LogP contribution in [0.3, 0.4) is 0 Å². The Bertz CT molecular complexity index is 4290. The zero-order valence-electron chi connectivity index (χ0n) is 60.6. The minimum atomic E-state index is -2.25. The van der Waals surface area contributed by atoms with Crippen LogP contribution in [0.2, 0.25) is 10.0 Å². The fourth-order valence-corrected chi connectivity index (χ4v) is 12.5. The van der Waals surface area contributed by atoms with Crippen LogP contribution in [0, 0.1) is 5.92 Å². The number of aliphatic hydroxyl groups excluding tert-OH is 2. The number of aliphatic hydroxyl groups is 2. The highest BCUT2D eigenvalue weighted by Crippen LogP contribution is 2.49.